The molecule has 0 saturated carbocycles. The van der Waals surface area contributed by atoms with Gasteiger partial charge in [0.1, 0.15) is 5.82 Å². The van der Waals surface area contributed by atoms with Crippen LogP contribution in [-0.4, -0.2) is 42.2 Å². The first-order valence-electron chi connectivity index (χ1n) is 8.71. The second-order valence-electron chi connectivity index (χ2n) is 5.73. The zero-order chi connectivity index (χ0) is 20.0. The number of nitrogens with zero attached hydrogens (tertiary/aromatic N) is 3. The fourth-order valence-corrected chi connectivity index (χ4v) is 2.75. The number of hydrogen-bond acceptors (Lipinski definition) is 4. The third-order valence-corrected chi connectivity index (χ3v) is 4.16. The Kier molecular flexibility index (Phi) is 6.65. The van der Waals surface area contributed by atoms with Crippen molar-refractivity contribution >= 4 is 17.5 Å². The number of piperazine rings is 1. The van der Waals surface area contributed by atoms with Gasteiger partial charge in [-0.1, -0.05) is 13.8 Å². The van der Waals surface area contributed by atoms with Crippen LogP contribution in [0, 0.1) is 0 Å². The summed E-state index contributed by atoms with van der Waals surface area (Å²) in [7, 11) is 0. The quantitative estimate of drug-likeness (QED) is 0.866. The van der Waals surface area contributed by atoms with Crippen LogP contribution in [0.5, 0.6) is 0 Å². The largest absolute Gasteiger partial charge is 0.478 e. The number of carboxylic acid groups (broad SMARTS) is 1. The topological polar surface area (TPSA) is 56.7 Å². The normalized spacial score (nSPS) is 14.4. The van der Waals surface area contributed by atoms with Gasteiger partial charge in [-0.15, -0.1) is 0 Å². The number of halogens is 3. The van der Waals surface area contributed by atoms with Crippen molar-refractivity contribution in [1.82, 2.24) is 4.98 Å². The number of aromatic carboxylic acids is 1. The summed E-state index contributed by atoms with van der Waals surface area (Å²) in [4.78, 5) is 18.8. The van der Waals surface area contributed by atoms with Gasteiger partial charge in [0, 0.05) is 38.1 Å². The predicted octanol–water partition coefficient (Wildman–Crippen LogP) is 4.15. The third-order valence-electron chi connectivity index (χ3n) is 4.16. The summed E-state index contributed by atoms with van der Waals surface area (Å²) in [6, 6.07) is 9.06. The fraction of sp³-hybridized carbons (Fsp3) is 0.368. The van der Waals surface area contributed by atoms with Crippen molar-refractivity contribution in [1.29, 1.82) is 0 Å². The lowest BCUT2D eigenvalue weighted by Gasteiger charge is -2.36. The molecular weight excluding hydrogens is 359 g/mol. The molecular formula is C19H22F3N3O2. The molecule has 0 radical (unpaired) electrons. The predicted molar refractivity (Wildman–Crippen MR) is 98.4 cm³/mol. The Morgan fingerprint density at radius 2 is 1.52 bits per heavy atom. The lowest BCUT2D eigenvalue weighted by molar-refractivity contribution is -0.137. The number of rotatable bonds is 3. The molecule has 0 unspecified atom stereocenters. The Balaban J connectivity index is 0.00000126. The number of hydrogen-bond donors (Lipinski definition) is 1. The van der Waals surface area contributed by atoms with Crippen LogP contribution in [0.2, 0.25) is 0 Å². The lowest BCUT2D eigenvalue weighted by Crippen LogP contribution is -2.46. The van der Waals surface area contributed by atoms with E-state index in [2.05, 4.69) is 9.88 Å². The second-order valence-corrected chi connectivity index (χ2v) is 5.73. The van der Waals surface area contributed by atoms with Crippen molar-refractivity contribution in [2.75, 3.05) is 36.0 Å². The number of pyridine rings is 1. The highest BCUT2D eigenvalue weighted by Crippen LogP contribution is 2.29. The molecule has 1 saturated heterocycles. The van der Waals surface area contributed by atoms with Gasteiger partial charge in [0.15, 0.2) is 0 Å². The highest BCUT2D eigenvalue weighted by molar-refractivity contribution is 5.88. The number of anilines is 2. The highest BCUT2D eigenvalue weighted by Gasteiger charge is 2.31. The van der Waals surface area contributed by atoms with Gasteiger partial charge >= 0.3 is 12.1 Å². The Morgan fingerprint density at radius 3 is 1.96 bits per heavy atom. The monoisotopic (exact) mass is 381 g/mol. The highest BCUT2D eigenvalue weighted by atomic mass is 19.4. The van der Waals surface area contributed by atoms with Gasteiger partial charge in [0.05, 0.1) is 11.1 Å². The standard InChI is InChI=1S/C17H16F3N3O2.C2H6/c18-17(19,20)13-3-6-15(21-11-13)23-9-7-22(8-10-23)14-4-1-12(2-5-14)16(24)25;1-2/h1-6,11H,7-10H2,(H,24,25);1-2H3. The maximum absolute atomic E-state index is 12.6. The molecule has 0 amide bonds. The summed E-state index contributed by atoms with van der Waals surface area (Å²) in [5.74, 6) is -0.446. The maximum atomic E-state index is 12.6. The zero-order valence-electron chi connectivity index (χ0n) is 15.2. The van der Waals surface area contributed by atoms with Gasteiger partial charge in [-0.3, -0.25) is 0 Å². The van der Waals surface area contributed by atoms with Crippen LogP contribution in [0.25, 0.3) is 0 Å². The van der Waals surface area contributed by atoms with E-state index < -0.39 is 17.7 Å². The van der Waals surface area contributed by atoms with E-state index in [1.54, 1.807) is 24.3 Å². The summed E-state index contributed by atoms with van der Waals surface area (Å²) >= 11 is 0. The van der Waals surface area contributed by atoms with E-state index in [1.807, 2.05) is 18.7 Å². The number of carboxylic acids is 1. The van der Waals surface area contributed by atoms with Crippen molar-refractivity contribution in [3.05, 3.63) is 53.7 Å². The molecule has 0 atom stereocenters. The van der Waals surface area contributed by atoms with Crippen LogP contribution >= 0.6 is 0 Å². The van der Waals surface area contributed by atoms with Crippen LogP contribution < -0.4 is 9.80 Å². The Bertz CT molecular complexity index is 738. The van der Waals surface area contributed by atoms with E-state index in [-0.39, 0.29) is 5.56 Å². The zero-order valence-corrected chi connectivity index (χ0v) is 15.2. The molecule has 27 heavy (non-hydrogen) atoms. The minimum Gasteiger partial charge on any atom is -0.478 e. The van der Waals surface area contributed by atoms with Crippen LogP contribution in [-0.2, 0) is 6.18 Å². The molecule has 1 aromatic carbocycles. The van der Waals surface area contributed by atoms with Crippen molar-refractivity contribution in [2.45, 2.75) is 20.0 Å². The molecule has 2 heterocycles. The molecule has 0 bridgehead atoms. The van der Waals surface area contributed by atoms with Crippen molar-refractivity contribution in [3.63, 3.8) is 0 Å². The van der Waals surface area contributed by atoms with Gasteiger partial charge in [-0.25, -0.2) is 9.78 Å². The molecule has 1 aliphatic heterocycles. The molecule has 5 nitrogen and oxygen atoms in total. The van der Waals surface area contributed by atoms with Crippen LogP contribution in [0.3, 0.4) is 0 Å². The number of benzene rings is 1. The Labute approximate surface area is 156 Å². The number of carbonyl (C=O) groups is 1. The molecule has 3 rings (SSSR count). The number of alkyl halides is 3. The fourth-order valence-electron chi connectivity index (χ4n) is 2.75. The summed E-state index contributed by atoms with van der Waals surface area (Å²) < 4.78 is 37.7. The molecule has 0 spiro atoms. The average Bonchev–Trinajstić information content (AvgIpc) is 2.69. The smallest absolute Gasteiger partial charge is 0.417 e. The van der Waals surface area contributed by atoms with Gasteiger partial charge in [0.2, 0.25) is 0 Å². The second kappa shape index (κ2) is 8.75. The van der Waals surface area contributed by atoms with Gasteiger partial charge < -0.3 is 14.9 Å². The molecule has 2 aromatic rings. The van der Waals surface area contributed by atoms with Crippen LogP contribution in [0.15, 0.2) is 42.6 Å². The third kappa shape index (κ3) is 5.12. The minimum absolute atomic E-state index is 0.233. The first-order valence-corrected chi connectivity index (χ1v) is 8.71. The van der Waals surface area contributed by atoms with E-state index in [0.717, 1.165) is 18.0 Å². The SMILES string of the molecule is CC.O=C(O)c1ccc(N2CCN(c3ccc(C(F)(F)F)cn3)CC2)cc1. The average molecular weight is 381 g/mol. The Morgan fingerprint density at radius 1 is 0.963 bits per heavy atom. The molecule has 1 N–H and O–H groups in total. The van der Waals surface area contributed by atoms with E-state index in [0.29, 0.717) is 32.0 Å². The summed E-state index contributed by atoms with van der Waals surface area (Å²) in [6.07, 6.45) is -3.53. The molecule has 8 heteroatoms. The van der Waals surface area contributed by atoms with Crippen LogP contribution in [0.1, 0.15) is 29.8 Å². The lowest BCUT2D eigenvalue weighted by atomic mass is 10.2. The summed E-state index contributed by atoms with van der Waals surface area (Å²) in [6.45, 7) is 6.60. The first-order chi connectivity index (χ1) is 12.8. The molecule has 1 aromatic heterocycles. The van der Waals surface area contributed by atoms with E-state index in [9.17, 15) is 18.0 Å². The van der Waals surface area contributed by atoms with Gasteiger partial charge in [-0.2, -0.15) is 13.2 Å². The van der Waals surface area contributed by atoms with E-state index in [1.165, 1.54) is 6.07 Å². The summed E-state index contributed by atoms with van der Waals surface area (Å²) in [5, 5.41) is 8.92. The summed E-state index contributed by atoms with van der Waals surface area (Å²) in [5.41, 5.74) is 0.398. The van der Waals surface area contributed by atoms with E-state index >= 15 is 0 Å². The molecule has 146 valence electrons. The molecule has 1 fully saturated rings. The van der Waals surface area contributed by atoms with Gasteiger partial charge in [-0.05, 0) is 36.4 Å². The molecule has 0 aliphatic carbocycles. The number of aromatic nitrogens is 1. The van der Waals surface area contributed by atoms with Gasteiger partial charge in [0.25, 0.3) is 0 Å². The molecule has 1 aliphatic rings. The van der Waals surface area contributed by atoms with Crippen molar-refractivity contribution in [3.8, 4) is 0 Å². The minimum atomic E-state index is -4.38. The van der Waals surface area contributed by atoms with Crippen LogP contribution in [0.4, 0.5) is 24.7 Å². The van der Waals surface area contributed by atoms with Crippen molar-refractivity contribution < 1.29 is 23.1 Å². The maximum Gasteiger partial charge on any atom is 0.417 e. The van der Waals surface area contributed by atoms with E-state index in [4.69, 9.17) is 5.11 Å². The Hall–Kier alpha value is -2.77. The van der Waals surface area contributed by atoms with Crippen molar-refractivity contribution in [2.24, 2.45) is 0 Å². The first kappa shape index (κ1) is 20.5.